The van der Waals surface area contributed by atoms with E-state index in [4.69, 9.17) is 20.7 Å². The van der Waals surface area contributed by atoms with Crippen molar-refractivity contribution in [1.82, 2.24) is 4.98 Å². The molecule has 0 aliphatic heterocycles. The van der Waals surface area contributed by atoms with Crippen LogP contribution in [0.1, 0.15) is 39.8 Å². The number of carbonyl (C=O) groups is 2. The molecule has 6 nitrogen and oxygen atoms in total. The first-order valence-corrected chi connectivity index (χ1v) is 10.6. The Morgan fingerprint density at radius 2 is 2.06 bits per heavy atom. The first kappa shape index (κ1) is 20.5. The van der Waals surface area contributed by atoms with Crippen molar-refractivity contribution in [3.63, 3.8) is 0 Å². The molecule has 0 spiro atoms. The fourth-order valence-corrected chi connectivity index (χ4v) is 4.38. The van der Waals surface area contributed by atoms with Crippen LogP contribution in [0, 0.1) is 11.3 Å². The number of fused-ring (bicyclic) bond motifs is 2. The highest BCUT2D eigenvalue weighted by Crippen LogP contribution is 2.38. The number of allylic oxidation sites excluding steroid dienone is 2. The molecule has 154 valence electrons. The van der Waals surface area contributed by atoms with Crippen LogP contribution in [-0.2, 0) is 16.0 Å². The molecule has 0 amide bonds. The number of nitrogens with two attached hydrogens (primary N) is 1. The van der Waals surface area contributed by atoms with Crippen LogP contribution in [0.3, 0.4) is 0 Å². The summed E-state index contributed by atoms with van der Waals surface area (Å²) in [5, 5.41) is 11.8. The maximum Gasteiger partial charge on any atom is 0.339 e. The molecule has 0 radical (unpaired) electrons. The summed E-state index contributed by atoms with van der Waals surface area (Å²) in [6.07, 6.45) is 3.53. The first-order valence-electron chi connectivity index (χ1n) is 9.72. The van der Waals surface area contributed by atoms with Crippen molar-refractivity contribution in [2.75, 3.05) is 6.61 Å². The summed E-state index contributed by atoms with van der Waals surface area (Å²) in [7, 11) is 0. The third kappa shape index (κ3) is 3.98. The topological polar surface area (TPSA) is 106 Å². The van der Waals surface area contributed by atoms with Crippen LogP contribution in [0.2, 0.25) is 0 Å². The van der Waals surface area contributed by atoms with E-state index in [0.717, 1.165) is 28.1 Å². The van der Waals surface area contributed by atoms with E-state index in [0.29, 0.717) is 22.9 Å². The number of ether oxygens (including phenoxy) is 1. The molecule has 3 aromatic rings. The van der Waals surface area contributed by atoms with Crippen molar-refractivity contribution < 1.29 is 14.3 Å². The van der Waals surface area contributed by atoms with Gasteiger partial charge in [-0.25, -0.2) is 9.78 Å². The van der Waals surface area contributed by atoms with Gasteiger partial charge in [0.05, 0.1) is 16.8 Å². The van der Waals surface area contributed by atoms with Gasteiger partial charge in [-0.15, -0.1) is 11.3 Å². The number of thiophene rings is 1. The first-order chi connectivity index (χ1) is 15.0. The predicted molar refractivity (Wildman–Crippen MR) is 120 cm³/mol. The van der Waals surface area contributed by atoms with Gasteiger partial charge in [0.15, 0.2) is 6.61 Å². The van der Waals surface area contributed by atoms with Crippen LogP contribution in [-0.4, -0.2) is 23.3 Å². The van der Waals surface area contributed by atoms with Crippen molar-refractivity contribution in [3.8, 4) is 6.07 Å². The van der Waals surface area contributed by atoms with Crippen LogP contribution in [0.25, 0.3) is 22.6 Å². The van der Waals surface area contributed by atoms with E-state index in [2.05, 4.69) is 6.08 Å². The maximum absolute atomic E-state index is 13.1. The minimum Gasteiger partial charge on any atom is -0.454 e. The number of carbonyl (C=O) groups excluding carboxylic acids is 2. The number of para-hydroxylation sites is 1. The van der Waals surface area contributed by atoms with Crippen LogP contribution < -0.4 is 5.73 Å². The lowest BCUT2D eigenvalue weighted by molar-refractivity contribution is -0.118. The fraction of sp³-hybridized carbons (Fsp3) is 0.167. The van der Waals surface area contributed by atoms with Gasteiger partial charge in [0.25, 0.3) is 0 Å². The molecule has 2 aromatic heterocycles. The Hall–Kier alpha value is -3.76. The van der Waals surface area contributed by atoms with E-state index in [1.54, 1.807) is 17.4 Å². The summed E-state index contributed by atoms with van der Waals surface area (Å²) in [4.78, 5) is 31.2. The van der Waals surface area contributed by atoms with Crippen molar-refractivity contribution in [3.05, 3.63) is 74.7 Å². The molecule has 0 bridgehead atoms. The molecule has 0 saturated heterocycles. The van der Waals surface area contributed by atoms with E-state index >= 15 is 0 Å². The zero-order chi connectivity index (χ0) is 22.0. The van der Waals surface area contributed by atoms with Gasteiger partial charge >= 0.3 is 5.97 Å². The minimum atomic E-state index is -0.621. The van der Waals surface area contributed by atoms with E-state index in [1.165, 1.54) is 6.92 Å². The highest BCUT2D eigenvalue weighted by molar-refractivity contribution is 7.10. The second kappa shape index (κ2) is 8.54. The largest absolute Gasteiger partial charge is 0.454 e. The van der Waals surface area contributed by atoms with Crippen LogP contribution in [0.5, 0.6) is 0 Å². The number of nitrogens with zero attached hydrogens (tertiary/aromatic N) is 2. The lowest BCUT2D eigenvalue weighted by atomic mass is 10.0. The molecule has 0 fully saturated rings. The molecule has 2 heterocycles. The number of pyridine rings is 1. The minimum absolute atomic E-state index is 0.0992. The SMILES string of the molecule is C/C(N)=C(\C#N)C(=O)COC(=O)c1c2c(nc3ccccc13)/C(=C\c1cccs1)CC2. The summed E-state index contributed by atoms with van der Waals surface area (Å²) in [6.45, 7) is 0.919. The molecule has 2 N–H and O–H groups in total. The van der Waals surface area contributed by atoms with Gasteiger partial charge in [0.1, 0.15) is 11.6 Å². The van der Waals surface area contributed by atoms with Crippen molar-refractivity contribution in [2.24, 2.45) is 5.73 Å². The van der Waals surface area contributed by atoms with Gasteiger partial charge in [0, 0.05) is 16.0 Å². The molecule has 7 heteroatoms. The Kier molecular flexibility index (Phi) is 5.65. The lowest BCUT2D eigenvalue weighted by Crippen LogP contribution is -2.19. The number of nitriles is 1. The number of benzene rings is 1. The molecule has 1 aliphatic rings. The Bertz CT molecular complexity index is 1290. The highest BCUT2D eigenvalue weighted by Gasteiger charge is 2.28. The van der Waals surface area contributed by atoms with E-state index in [1.807, 2.05) is 41.8 Å². The average Bonchev–Trinajstić information content (AvgIpc) is 3.41. The standard InChI is InChI=1S/C24H19N3O3S/c1-14(26)19(12-25)21(28)13-30-24(29)22-17-6-2-3-7-20(17)27-23-15(8-9-18(22)23)11-16-5-4-10-31-16/h2-7,10-11H,8-9,13,26H2,1H3/b15-11-,19-14-. The predicted octanol–water partition coefficient (Wildman–Crippen LogP) is 4.27. The number of ketones is 1. The summed E-state index contributed by atoms with van der Waals surface area (Å²) in [5.74, 6) is -1.23. The molecule has 1 aromatic carbocycles. The second-order valence-electron chi connectivity index (χ2n) is 7.19. The number of esters is 1. The Balaban J connectivity index is 1.73. The van der Waals surface area contributed by atoms with Crippen molar-refractivity contribution in [1.29, 1.82) is 5.26 Å². The number of hydrogen-bond donors (Lipinski definition) is 1. The summed E-state index contributed by atoms with van der Waals surface area (Å²) >= 11 is 1.64. The normalized spacial score (nSPS) is 14.8. The quantitative estimate of drug-likeness (QED) is 0.369. The highest BCUT2D eigenvalue weighted by atomic mass is 32.1. The van der Waals surface area contributed by atoms with Gasteiger partial charge in [-0.2, -0.15) is 5.26 Å². The van der Waals surface area contributed by atoms with Crippen molar-refractivity contribution >= 4 is 45.6 Å². The molecule has 1 aliphatic carbocycles. The molecule has 0 atom stereocenters. The van der Waals surface area contributed by atoms with Crippen molar-refractivity contribution in [2.45, 2.75) is 19.8 Å². The maximum atomic E-state index is 13.1. The summed E-state index contributed by atoms with van der Waals surface area (Å²) < 4.78 is 5.32. The fourth-order valence-electron chi connectivity index (χ4n) is 3.70. The number of Topliss-reactive ketones (excluding diaryl/α,β-unsaturated/α-hetero) is 1. The molecular weight excluding hydrogens is 410 g/mol. The van der Waals surface area contributed by atoms with Gasteiger partial charge in [-0.3, -0.25) is 4.79 Å². The van der Waals surface area contributed by atoms with E-state index in [-0.39, 0.29) is 11.3 Å². The number of aromatic nitrogens is 1. The van der Waals surface area contributed by atoms with E-state index in [9.17, 15) is 9.59 Å². The van der Waals surface area contributed by atoms with Crippen LogP contribution in [0.4, 0.5) is 0 Å². The van der Waals surface area contributed by atoms with Gasteiger partial charge in [0.2, 0.25) is 5.78 Å². The second-order valence-corrected chi connectivity index (χ2v) is 8.16. The molecular formula is C24H19N3O3S. The third-order valence-electron chi connectivity index (χ3n) is 5.12. The van der Waals surface area contributed by atoms with Gasteiger partial charge in [-0.05, 0) is 54.5 Å². The summed E-state index contributed by atoms with van der Waals surface area (Å²) in [6, 6.07) is 13.2. The van der Waals surface area contributed by atoms with Crippen LogP contribution in [0.15, 0.2) is 53.0 Å². The number of hydrogen-bond acceptors (Lipinski definition) is 7. The van der Waals surface area contributed by atoms with Crippen LogP contribution >= 0.6 is 11.3 Å². The Morgan fingerprint density at radius 1 is 1.26 bits per heavy atom. The smallest absolute Gasteiger partial charge is 0.339 e. The number of rotatable bonds is 5. The monoisotopic (exact) mass is 429 g/mol. The molecule has 31 heavy (non-hydrogen) atoms. The van der Waals surface area contributed by atoms with E-state index < -0.39 is 18.4 Å². The third-order valence-corrected chi connectivity index (χ3v) is 5.94. The Labute approximate surface area is 183 Å². The summed E-state index contributed by atoms with van der Waals surface area (Å²) in [5.41, 5.74) is 9.27. The molecule has 0 unspecified atom stereocenters. The van der Waals surface area contributed by atoms with Gasteiger partial charge in [-0.1, -0.05) is 24.3 Å². The average molecular weight is 430 g/mol. The molecule has 4 rings (SSSR count). The Morgan fingerprint density at radius 3 is 2.77 bits per heavy atom. The van der Waals surface area contributed by atoms with Gasteiger partial charge < -0.3 is 10.5 Å². The lowest BCUT2D eigenvalue weighted by Gasteiger charge is -2.12. The molecule has 0 saturated carbocycles. The zero-order valence-electron chi connectivity index (χ0n) is 16.8. The zero-order valence-corrected chi connectivity index (χ0v) is 17.7.